The summed E-state index contributed by atoms with van der Waals surface area (Å²) in [6.45, 7) is 5.72. The maximum Gasteiger partial charge on any atom is 0.264 e. The molecule has 1 aromatic carbocycles. The Morgan fingerprint density at radius 2 is 2.29 bits per heavy atom. The van der Waals surface area contributed by atoms with E-state index in [-0.39, 0.29) is 17.8 Å². The second kappa shape index (κ2) is 9.06. The van der Waals surface area contributed by atoms with Gasteiger partial charge in [0.25, 0.3) is 5.91 Å². The monoisotopic (exact) mass is 352 g/mol. The molecule has 1 N–H and O–H groups in total. The molecule has 2 unspecified atom stereocenters. The largest absolute Gasteiger partial charge is 0.382 e. The van der Waals surface area contributed by atoms with Gasteiger partial charge in [-0.2, -0.15) is 0 Å². The second-order valence-corrected chi connectivity index (χ2v) is 7.24. The van der Waals surface area contributed by atoms with Gasteiger partial charge in [0.05, 0.1) is 11.8 Å². The zero-order valence-corrected chi connectivity index (χ0v) is 15.3. The Bertz CT molecular complexity index is 603. The van der Waals surface area contributed by atoms with Crippen LogP contribution in [0.3, 0.4) is 0 Å². The van der Waals surface area contributed by atoms with Crippen molar-refractivity contribution in [2.24, 2.45) is 5.16 Å². The van der Waals surface area contributed by atoms with Gasteiger partial charge in [0.1, 0.15) is 5.82 Å². The highest BCUT2D eigenvalue weighted by Crippen LogP contribution is 2.37. The van der Waals surface area contributed by atoms with Gasteiger partial charge in [-0.3, -0.25) is 4.79 Å². The molecule has 0 saturated heterocycles. The quantitative estimate of drug-likeness (QED) is 0.583. The molecule has 132 valence electrons. The van der Waals surface area contributed by atoms with Crippen LogP contribution >= 0.6 is 11.8 Å². The number of halogens is 1. The average molecular weight is 352 g/mol. The predicted molar refractivity (Wildman–Crippen MR) is 95.8 cm³/mol. The van der Waals surface area contributed by atoms with Crippen LogP contribution < -0.4 is 5.32 Å². The first-order valence-corrected chi connectivity index (χ1v) is 9.40. The van der Waals surface area contributed by atoms with Gasteiger partial charge in [-0.05, 0) is 44.7 Å². The van der Waals surface area contributed by atoms with Crippen molar-refractivity contribution in [1.82, 2.24) is 5.32 Å². The third-order valence-corrected chi connectivity index (χ3v) is 4.98. The summed E-state index contributed by atoms with van der Waals surface area (Å²) in [5.41, 5.74) is 1.62. The molecule has 2 rings (SSSR count). The van der Waals surface area contributed by atoms with E-state index < -0.39 is 6.10 Å². The smallest absolute Gasteiger partial charge is 0.264 e. The first kappa shape index (κ1) is 18.8. The topological polar surface area (TPSA) is 50.7 Å². The lowest BCUT2D eigenvalue weighted by Gasteiger charge is -2.27. The minimum absolute atomic E-state index is 0.177. The Kier molecular flexibility index (Phi) is 7.09. The zero-order chi connectivity index (χ0) is 17.5. The molecule has 0 fully saturated rings. The highest BCUT2D eigenvalue weighted by atomic mass is 32.2. The molecule has 4 nitrogen and oxygen atoms in total. The molecule has 0 spiro atoms. The summed E-state index contributed by atoms with van der Waals surface area (Å²) < 4.78 is 13.9. The van der Waals surface area contributed by atoms with E-state index in [9.17, 15) is 9.18 Å². The van der Waals surface area contributed by atoms with E-state index in [1.54, 1.807) is 6.07 Å². The lowest BCUT2D eigenvalue weighted by Crippen LogP contribution is -2.39. The van der Waals surface area contributed by atoms with E-state index >= 15 is 0 Å². The third kappa shape index (κ3) is 4.97. The molecule has 0 aromatic heterocycles. The lowest BCUT2D eigenvalue weighted by molar-refractivity contribution is -0.134. The molecule has 0 radical (unpaired) electrons. The number of hydrogen-bond donors (Lipinski definition) is 1. The second-order valence-electron chi connectivity index (χ2n) is 6.13. The van der Waals surface area contributed by atoms with Crippen LogP contribution in [-0.4, -0.2) is 23.5 Å². The highest BCUT2D eigenvalue weighted by Gasteiger charge is 2.28. The summed E-state index contributed by atoms with van der Waals surface area (Å²) in [7, 11) is 0. The molecule has 1 heterocycles. The SMILES string of the molecule is CCCCC(ON=C(C)C)C(=O)NC1CCSc2c(F)cccc21. The number of thioether (sulfide) groups is 1. The molecule has 6 heteroatoms. The highest BCUT2D eigenvalue weighted by molar-refractivity contribution is 7.99. The van der Waals surface area contributed by atoms with Crippen LogP contribution in [0.2, 0.25) is 0 Å². The number of nitrogens with zero attached hydrogens (tertiary/aromatic N) is 1. The van der Waals surface area contributed by atoms with Gasteiger partial charge in [0, 0.05) is 10.6 Å². The number of oxime groups is 1. The van der Waals surface area contributed by atoms with E-state index in [0.717, 1.165) is 36.3 Å². The van der Waals surface area contributed by atoms with Gasteiger partial charge in [0.15, 0.2) is 0 Å². The predicted octanol–water partition coefficient (Wildman–Crippen LogP) is 4.45. The molecular formula is C18H25FN2O2S. The Labute approximate surface area is 147 Å². The van der Waals surface area contributed by atoms with Crippen molar-refractivity contribution in [1.29, 1.82) is 0 Å². The maximum absolute atomic E-state index is 13.9. The summed E-state index contributed by atoms with van der Waals surface area (Å²) in [5, 5.41) is 6.96. The number of nitrogens with one attached hydrogen (secondary N) is 1. The van der Waals surface area contributed by atoms with Crippen LogP contribution in [0.4, 0.5) is 4.39 Å². The van der Waals surface area contributed by atoms with Crippen LogP contribution in [0.5, 0.6) is 0 Å². The van der Waals surface area contributed by atoms with Gasteiger partial charge >= 0.3 is 0 Å². The summed E-state index contributed by atoms with van der Waals surface area (Å²) >= 11 is 1.50. The summed E-state index contributed by atoms with van der Waals surface area (Å²) in [5.74, 6) is 0.382. The number of carbonyl (C=O) groups excluding carboxylic acids is 1. The van der Waals surface area contributed by atoms with Gasteiger partial charge in [-0.25, -0.2) is 4.39 Å². The Morgan fingerprint density at radius 1 is 1.50 bits per heavy atom. The molecule has 1 aromatic rings. The minimum Gasteiger partial charge on any atom is -0.382 e. The number of carbonyl (C=O) groups is 1. The van der Waals surface area contributed by atoms with Crippen LogP contribution in [0.25, 0.3) is 0 Å². The zero-order valence-electron chi connectivity index (χ0n) is 14.5. The van der Waals surface area contributed by atoms with Gasteiger partial charge in [0.2, 0.25) is 6.10 Å². The van der Waals surface area contributed by atoms with Crippen molar-refractivity contribution in [2.45, 2.75) is 63.5 Å². The first-order valence-electron chi connectivity index (χ1n) is 8.41. The van der Waals surface area contributed by atoms with Crippen molar-refractivity contribution < 1.29 is 14.0 Å². The van der Waals surface area contributed by atoms with Crippen LogP contribution in [0.15, 0.2) is 28.3 Å². The standard InChI is InChI=1S/C18H25FN2O2S/c1-4-5-9-16(23-21-12(2)3)18(22)20-15-10-11-24-17-13(15)7-6-8-14(17)19/h6-8,15-16H,4-5,9-11H2,1-3H3,(H,20,22). The van der Waals surface area contributed by atoms with Gasteiger partial charge < -0.3 is 10.2 Å². The van der Waals surface area contributed by atoms with Crippen molar-refractivity contribution in [3.8, 4) is 0 Å². The van der Waals surface area contributed by atoms with Crippen LogP contribution in [-0.2, 0) is 9.63 Å². The number of fused-ring (bicyclic) bond motifs is 1. The number of benzene rings is 1. The number of rotatable bonds is 7. The summed E-state index contributed by atoms with van der Waals surface area (Å²) in [4.78, 5) is 18.7. The fraction of sp³-hybridized carbons (Fsp3) is 0.556. The van der Waals surface area contributed by atoms with Gasteiger partial charge in [-0.1, -0.05) is 30.6 Å². The van der Waals surface area contributed by atoms with Crippen LogP contribution in [0.1, 0.15) is 58.1 Å². The fourth-order valence-corrected chi connectivity index (χ4v) is 3.73. The summed E-state index contributed by atoms with van der Waals surface area (Å²) in [6, 6.07) is 4.85. The third-order valence-electron chi connectivity index (χ3n) is 3.82. The Hall–Kier alpha value is -1.56. The van der Waals surface area contributed by atoms with E-state index in [0.29, 0.717) is 11.3 Å². The molecule has 1 amide bonds. The Balaban J connectivity index is 2.09. The van der Waals surface area contributed by atoms with Crippen molar-refractivity contribution in [3.05, 3.63) is 29.6 Å². The van der Waals surface area contributed by atoms with Gasteiger partial charge in [-0.15, -0.1) is 11.8 Å². The van der Waals surface area contributed by atoms with E-state index in [2.05, 4.69) is 17.4 Å². The normalized spacial score (nSPS) is 17.6. The Morgan fingerprint density at radius 3 is 3.00 bits per heavy atom. The summed E-state index contributed by atoms with van der Waals surface area (Å²) in [6.07, 6.45) is 2.67. The number of hydrogen-bond acceptors (Lipinski definition) is 4. The number of unbranched alkanes of at least 4 members (excludes halogenated alkanes) is 1. The minimum atomic E-state index is -0.605. The molecule has 1 aliphatic heterocycles. The van der Waals surface area contributed by atoms with Crippen molar-refractivity contribution in [3.63, 3.8) is 0 Å². The molecule has 24 heavy (non-hydrogen) atoms. The van der Waals surface area contributed by atoms with E-state index in [1.165, 1.54) is 17.8 Å². The maximum atomic E-state index is 13.9. The first-order chi connectivity index (χ1) is 11.5. The van der Waals surface area contributed by atoms with Crippen molar-refractivity contribution in [2.75, 3.05) is 5.75 Å². The van der Waals surface area contributed by atoms with E-state index in [4.69, 9.17) is 4.84 Å². The van der Waals surface area contributed by atoms with Crippen molar-refractivity contribution >= 4 is 23.4 Å². The molecule has 0 bridgehead atoms. The lowest BCUT2D eigenvalue weighted by atomic mass is 10.0. The molecule has 0 aliphatic carbocycles. The molecule has 1 aliphatic rings. The fourth-order valence-electron chi connectivity index (χ4n) is 2.59. The molecule has 0 saturated carbocycles. The molecular weight excluding hydrogens is 327 g/mol. The molecule has 2 atom stereocenters. The van der Waals surface area contributed by atoms with Crippen LogP contribution in [0, 0.1) is 5.82 Å². The average Bonchev–Trinajstić information content (AvgIpc) is 2.55. The van der Waals surface area contributed by atoms with E-state index in [1.807, 2.05) is 19.9 Å². The number of amides is 1.